The van der Waals surface area contributed by atoms with Crippen molar-refractivity contribution in [2.24, 2.45) is 10.8 Å². The molecular formula is C20H16FN3O2. The molecule has 0 saturated carbocycles. The van der Waals surface area contributed by atoms with Crippen LogP contribution in [0.4, 0.5) is 14.9 Å². The average molecular weight is 349 g/mol. The predicted molar refractivity (Wildman–Crippen MR) is 98.8 cm³/mol. The molecule has 5 nitrogen and oxygen atoms in total. The van der Waals surface area contributed by atoms with E-state index in [1.807, 2.05) is 60.7 Å². The maximum atomic E-state index is 13.7. The SMILES string of the molecule is NC(=O)Oc1cc(F)cc(NN=C(c2ccccc2)c2ccccc2)c1. The van der Waals surface area contributed by atoms with Crippen LogP contribution in [0.15, 0.2) is 84.0 Å². The van der Waals surface area contributed by atoms with Crippen LogP contribution in [-0.2, 0) is 0 Å². The first-order valence-corrected chi connectivity index (χ1v) is 7.84. The third-order valence-corrected chi connectivity index (χ3v) is 3.48. The summed E-state index contributed by atoms with van der Waals surface area (Å²) in [4.78, 5) is 10.9. The van der Waals surface area contributed by atoms with Crippen molar-refractivity contribution in [2.45, 2.75) is 0 Å². The topological polar surface area (TPSA) is 76.7 Å². The lowest BCUT2D eigenvalue weighted by molar-refractivity contribution is 0.211. The number of nitrogens with zero attached hydrogens (tertiary/aromatic N) is 1. The third kappa shape index (κ3) is 4.45. The number of amides is 1. The highest BCUT2D eigenvalue weighted by Crippen LogP contribution is 2.21. The second kappa shape index (κ2) is 7.94. The Bertz CT molecular complexity index is 887. The number of ether oxygens (including phenoxy) is 1. The Morgan fingerprint density at radius 3 is 2.04 bits per heavy atom. The van der Waals surface area contributed by atoms with Crippen molar-refractivity contribution in [1.29, 1.82) is 0 Å². The van der Waals surface area contributed by atoms with Crippen molar-refractivity contribution in [1.82, 2.24) is 0 Å². The van der Waals surface area contributed by atoms with Crippen molar-refractivity contribution in [3.8, 4) is 5.75 Å². The first kappa shape index (κ1) is 17.2. The number of nitrogens with one attached hydrogen (secondary N) is 1. The number of carbonyl (C=O) groups is 1. The molecule has 0 aromatic heterocycles. The van der Waals surface area contributed by atoms with E-state index in [-0.39, 0.29) is 5.75 Å². The third-order valence-electron chi connectivity index (χ3n) is 3.48. The van der Waals surface area contributed by atoms with Crippen molar-refractivity contribution in [3.05, 3.63) is 95.8 Å². The van der Waals surface area contributed by atoms with Crippen LogP contribution >= 0.6 is 0 Å². The number of benzene rings is 3. The van der Waals surface area contributed by atoms with Crippen molar-refractivity contribution < 1.29 is 13.9 Å². The molecule has 3 aromatic carbocycles. The largest absolute Gasteiger partial charge is 0.410 e. The minimum absolute atomic E-state index is 0.00354. The van der Waals surface area contributed by atoms with Gasteiger partial charge in [-0.15, -0.1) is 0 Å². The number of carbonyl (C=O) groups excluding carboxylic acids is 1. The summed E-state index contributed by atoms with van der Waals surface area (Å²) in [5, 5.41) is 4.42. The van der Waals surface area contributed by atoms with Crippen LogP contribution in [0.5, 0.6) is 5.75 Å². The second-order valence-electron chi connectivity index (χ2n) is 5.40. The van der Waals surface area contributed by atoms with E-state index in [0.717, 1.165) is 17.2 Å². The molecule has 3 N–H and O–H groups in total. The van der Waals surface area contributed by atoms with Gasteiger partial charge < -0.3 is 10.5 Å². The number of hydrogen-bond donors (Lipinski definition) is 2. The molecule has 0 aliphatic carbocycles. The summed E-state index contributed by atoms with van der Waals surface area (Å²) < 4.78 is 18.5. The van der Waals surface area contributed by atoms with E-state index in [1.54, 1.807) is 0 Å². The van der Waals surface area contributed by atoms with E-state index in [1.165, 1.54) is 12.1 Å². The van der Waals surface area contributed by atoms with E-state index < -0.39 is 11.9 Å². The Hall–Kier alpha value is -3.67. The van der Waals surface area contributed by atoms with E-state index in [4.69, 9.17) is 10.5 Å². The standard InChI is InChI=1S/C20H16FN3O2/c21-16-11-17(13-18(12-16)26-20(22)25)23-24-19(14-7-3-1-4-8-14)15-9-5-2-6-10-15/h1-13,23H,(H2,22,25). The molecule has 26 heavy (non-hydrogen) atoms. The van der Waals surface area contributed by atoms with Gasteiger partial charge in [-0.3, -0.25) is 5.43 Å². The van der Waals surface area contributed by atoms with Crippen LogP contribution in [-0.4, -0.2) is 11.8 Å². The number of halogens is 1. The fourth-order valence-electron chi connectivity index (χ4n) is 2.41. The highest BCUT2D eigenvalue weighted by Gasteiger charge is 2.08. The molecule has 0 atom stereocenters. The summed E-state index contributed by atoms with van der Waals surface area (Å²) in [6.07, 6.45) is -1.01. The molecule has 1 amide bonds. The van der Waals surface area contributed by atoms with Gasteiger partial charge in [0.2, 0.25) is 0 Å². The van der Waals surface area contributed by atoms with Gasteiger partial charge in [0.1, 0.15) is 11.6 Å². The van der Waals surface area contributed by atoms with Gasteiger partial charge >= 0.3 is 6.09 Å². The first-order chi connectivity index (χ1) is 12.6. The van der Waals surface area contributed by atoms with Gasteiger partial charge in [0.05, 0.1) is 11.4 Å². The number of primary amides is 1. The number of rotatable bonds is 5. The number of hydrazone groups is 1. The van der Waals surface area contributed by atoms with Gasteiger partial charge in [-0.2, -0.15) is 5.10 Å². The number of nitrogens with two attached hydrogens (primary N) is 1. The molecular weight excluding hydrogens is 333 g/mol. The highest BCUT2D eigenvalue weighted by atomic mass is 19.1. The molecule has 0 radical (unpaired) electrons. The zero-order valence-electron chi connectivity index (χ0n) is 13.7. The van der Waals surface area contributed by atoms with Crippen LogP contribution in [0.2, 0.25) is 0 Å². The van der Waals surface area contributed by atoms with Gasteiger partial charge in [0.25, 0.3) is 0 Å². The summed E-state index contributed by atoms with van der Waals surface area (Å²) in [5.74, 6) is -0.585. The molecule has 3 rings (SSSR count). The lowest BCUT2D eigenvalue weighted by Crippen LogP contribution is -2.16. The summed E-state index contributed by atoms with van der Waals surface area (Å²) in [6, 6.07) is 22.9. The van der Waals surface area contributed by atoms with Crippen LogP contribution in [0.25, 0.3) is 0 Å². The fourth-order valence-corrected chi connectivity index (χ4v) is 2.41. The minimum Gasteiger partial charge on any atom is -0.410 e. The average Bonchev–Trinajstić information content (AvgIpc) is 2.63. The van der Waals surface area contributed by atoms with Crippen molar-refractivity contribution in [2.75, 3.05) is 5.43 Å². The Morgan fingerprint density at radius 2 is 1.50 bits per heavy atom. The molecule has 0 spiro atoms. The van der Waals surface area contributed by atoms with Crippen molar-refractivity contribution >= 4 is 17.5 Å². The summed E-state index contributed by atoms with van der Waals surface area (Å²) in [5.41, 5.74) is 10.6. The van der Waals surface area contributed by atoms with Gasteiger partial charge in [-0.05, 0) is 6.07 Å². The molecule has 6 heteroatoms. The highest BCUT2D eigenvalue weighted by molar-refractivity contribution is 6.13. The Kier molecular flexibility index (Phi) is 5.24. The van der Waals surface area contributed by atoms with Crippen LogP contribution in [0.1, 0.15) is 11.1 Å². The maximum absolute atomic E-state index is 13.7. The normalized spacial score (nSPS) is 10.0. The molecule has 3 aromatic rings. The van der Waals surface area contributed by atoms with Crippen LogP contribution in [0.3, 0.4) is 0 Å². The Labute approximate surface area is 149 Å². The number of hydrogen-bond acceptors (Lipinski definition) is 4. The lowest BCUT2D eigenvalue weighted by Gasteiger charge is -2.09. The molecule has 0 aliphatic heterocycles. The second-order valence-corrected chi connectivity index (χ2v) is 5.40. The van der Waals surface area contributed by atoms with Gasteiger partial charge in [-0.1, -0.05) is 60.7 Å². The van der Waals surface area contributed by atoms with Crippen LogP contribution in [0, 0.1) is 5.82 Å². The molecule has 0 saturated heterocycles. The molecule has 0 bridgehead atoms. The lowest BCUT2D eigenvalue weighted by atomic mass is 10.0. The summed E-state index contributed by atoms with van der Waals surface area (Å²) in [7, 11) is 0. The van der Waals surface area contributed by atoms with E-state index in [9.17, 15) is 9.18 Å². The first-order valence-electron chi connectivity index (χ1n) is 7.84. The predicted octanol–water partition coefficient (Wildman–Crippen LogP) is 4.15. The quantitative estimate of drug-likeness (QED) is 0.537. The summed E-state index contributed by atoms with van der Waals surface area (Å²) >= 11 is 0. The fraction of sp³-hybridized carbons (Fsp3) is 0. The summed E-state index contributed by atoms with van der Waals surface area (Å²) in [6.45, 7) is 0. The smallest absolute Gasteiger partial charge is 0.409 e. The van der Waals surface area contributed by atoms with Gasteiger partial charge in [0.15, 0.2) is 0 Å². The molecule has 130 valence electrons. The van der Waals surface area contributed by atoms with Gasteiger partial charge in [0, 0.05) is 23.3 Å². The van der Waals surface area contributed by atoms with E-state index in [2.05, 4.69) is 10.5 Å². The molecule has 0 aliphatic rings. The maximum Gasteiger partial charge on any atom is 0.409 e. The zero-order valence-corrected chi connectivity index (χ0v) is 13.7. The zero-order chi connectivity index (χ0) is 18.4. The van der Waals surface area contributed by atoms with Crippen LogP contribution < -0.4 is 15.9 Å². The Balaban J connectivity index is 1.95. The van der Waals surface area contributed by atoms with E-state index in [0.29, 0.717) is 11.4 Å². The number of anilines is 1. The molecule has 0 heterocycles. The minimum atomic E-state index is -1.01. The van der Waals surface area contributed by atoms with Gasteiger partial charge in [-0.25, -0.2) is 9.18 Å². The monoisotopic (exact) mass is 349 g/mol. The Morgan fingerprint density at radius 1 is 0.923 bits per heavy atom. The molecule has 0 unspecified atom stereocenters. The van der Waals surface area contributed by atoms with Crippen molar-refractivity contribution in [3.63, 3.8) is 0 Å². The van der Waals surface area contributed by atoms with E-state index >= 15 is 0 Å². The molecule has 0 fully saturated rings.